The highest BCUT2D eigenvalue weighted by Crippen LogP contribution is 2.16. The predicted octanol–water partition coefficient (Wildman–Crippen LogP) is 1.21. The van der Waals surface area contributed by atoms with Crippen LogP contribution in [-0.4, -0.2) is 20.6 Å². The van der Waals surface area contributed by atoms with Gasteiger partial charge in [-0.15, -0.1) is 0 Å². The number of aromatic amines is 1. The highest BCUT2D eigenvalue weighted by atomic mass is 79.9. The third-order valence-electron chi connectivity index (χ3n) is 2.21. The van der Waals surface area contributed by atoms with E-state index in [1.54, 1.807) is 24.3 Å². The van der Waals surface area contributed by atoms with Gasteiger partial charge in [0.15, 0.2) is 5.69 Å². The number of carboxylic acid groups (broad SMARTS) is 1. The molecule has 0 atom stereocenters. The number of aromatic nitrogens is 2. The molecule has 6 nitrogen and oxygen atoms in total. The average molecular weight is 298 g/mol. The summed E-state index contributed by atoms with van der Waals surface area (Å²) in [5, 5.41) is 9.01. The van der Waals surface area contributed by atoms with Gasteiger partial charge in [0.1, 0.15) is 5.82 Å². The maximum atomic E-state index is 11.6. The lowest BCUT2D eigenvalue weighted by molar-refractivity contribution is 0.0689. The van der Waals surface area contributed by atoms with Gasteiger partial charge in [-0.3, -0.25) is 9.55 Å². The minimum Gasteiger partial charge on any atom is -0.476 e. The summed E-state index contributed by atoms with van der Waals surface area (Å²) >= 11 is 3.25. The maximum Gasteiger partial charge on any atom is 0.356 e. The lowest BCUT2D eigenvalue weighted by atomic mass is 10.3. The Bertz CT molecular complexity index is 627. The van der Waals surface area contributed by atoms with Crippen molar-refractivity contribution in [2.75, 3.05) is 5.73 Å². The number of benzene rings is 1. The van der Waals surface area contributed by atoms with Gasteiger partial charge in [0.2, 0.25) is 0 Å². The van der Waals surface area contributed by atoms with Crippen molar-refractivity contribution in [2.24, 2.45) is 0 Å². The predicted molar refractivity (Wildman–Crippen MR) is 65.5 cm³/mol. The lowest BCUT2D eigenvalue weighted by Gasteiger charge is -2.04. The Kier molecular flexibility index (Phi) is 2.76. The third kappa shape index (κ3) is 1.96. The van der Waals surface area contributed by atoms with E-state index in [1.165, 1.54) is 0 Å². The standard InChI is InChI=1S/C10H8BrN3O3/c11-5-1-3-6(4-2-5)14-7(9(15)16)8(12)13-10(14)17/h1-4H,12H2,(H,13,17)(H,15,16). The molecule has 7 heteroatoms. The van der Waals surface area contributed by atoms with Gasteiger partial charge in [0, 0.05) is 4.47 Å². The number of rotatable bonds is 2. The first kappa shape index (κ1) is 11.5. The largest absolute Gasteiger partial charge is 0.476 e. The van der Waals surface area contributed by atoms with Crippen LogP contribution in [0.2, 0.25) is 0 Å². The van der Waals surface area contributed by atoms with Gasteiger partial charge < -0.3 is 10.8 Å². The molecule has 2 rings (SSSR count). The van der Waals surface area contributed by atoms with E-state index in [2.05, 4.69) is 20.9 Å². The van der Waals surface area contributed by atoms with Crippen molar-refractivity contribution in [2.45, 2.75) is 0 Å². The van der Waals surface area contributed by atoms with Crippen molar-refractivity contribution in [3.8, 4) is 5.69 Å². The van der Waals surface area contributed by atoms with E-state index in [0.717, 1.165) is 9.04 Å². The summed E-state index contributed by atoms with van der Waals surface area (Å²) in [6.45, 7) is 0. The van der Waals surface area contributed by atoms with Crippen molar-refractivity contribution < 1.29 is 9.90 Å². The van der Waals surface area contributed by atoms with E-state index >= 15 is 0 Å². The second kappa shape index (κ2) is 4.10. The first-order valence-corrected chi connectivity index (χ1v) is 5.39. The molecule has 0 fully saturated rings. The monoisotopic (exact) mass is 297 g/mol. The Labute approximate surface area is 104 Å². The molecule has 17 heavy (non-hydrogen) atoms. The normalized spacial score (nSPS) is 10.4. The van der Waals surface area contributed by atoms with Crippen LogP contribution in [0.1, 0.15) is 10.5 Å². The number of nitrogens with two attached hydrogens (primary N) is 1. The topological polar surface area (TPSA) is 101 Å². The van der Waals surface area contributed by atoms with E-state index in [0.29, 0.717) is 5.69 Å². The number of carbonyl (C=O) groups is 1. The number of hydrogen-bond donors (Lipinski definition) is 3. The van der Waals surface area contributed by atoms with Gasteiger partial charge in [-0.2, -0.15) is 0 Å². The summed E-state index contributed by atoms with van der Waals surface area (Å²) < 4.78 is 1.85. The van der Waals surface area contributed by atoms with Crippen LogP contribution in [0.3, 0.4) is 0 Å². The van der Waals surface area contributed by atoms with Crippen molar-refractivity contribution in [3.63, 3.8) is 0 Å². The molecule has 0 aliphatic rings. The SMILES string of the molecule is Nc1[nH]c(=O)n(-c2ccc(Br)cc2)c1C(=O)O. The van der Waals surface area contributed by atoms with E-state index in [4.69, 9.17) is 10.8 Å². The Morgan fingerprint density at radius 3 is 2.47 bits per heavy atom. The van der Waals surface area contributed by atoms with Crippen molar-refractivity contribution >= 4 is 27.7 Å². The molecule has 0 spiro atoms. The molecule has 1 heterocycles. The molecule has 0 saturated carbocycles. The second-order valence-corrected chi connectivity index (χ2v) is 4.23. The minimum atomic E-state index is -1.26. The summed E-state index contributed by atoms with van der Waals surface area (Å²) in [4.78, 5) is 24.9. The van der Waals surface area contributed by atoms with Crippen LogP contribution in [0.4, 0.5) is 5.82 Å². The van der Waals surface area contributed by atoms with Gasteiger partial charge in [-0.05, 0) is 24.3 Å². The number of H-pyrrole nitrogens is 1. The van der Waals surface area contributed by atoms with Gasteiger partial charge in [0.05, 0.1) is 5.69 Å². The maximum absolute atomic E-state index is 11.6. The molecule has 0 amide bonds. The Morgan fingerprint density at radius 1 is 1.35 bits per heavy atom. The fraction of sp³-hybridized carbons (Fsp3) is 0. The van der Waals surface area contributed by atoms with Crippen LogP contribution in [-0.2, 0) is 0 Å². The molecule has 88 valence electrons. The number of carboxylic acids is 1. The fourth-order valence-corrected chi connectivity index (χ4v) is 1.76. The quantitative estimate of drug-likeness (QED) is 0.775. The van der Waals surface area contributed by atoms with E-state index in [1.807, 2.05) is 0 Å². The zero-order valence-electron chi connectivity index (χ0n) is 8.48. The Balaban J connectivity index is 2.70. The number of imidazole rings is 1. The van der Waals surface area contributed by atoms with Gasteiger partial charge in [-0.25, -0.2) is 9.59 Å². The molecule has 0 unspecified atom stereocenters. The molecule has 1 aromatic heterocycles. The summed E-state index contributed by atoms with van der Waals surface area (Å²) in [6, 6.07) is 6.64. The number of hydrogen-bond acceptors (Lipinski definition) is 3. The van der Waals surface area contributed by atoms with Crippen molar-refractivity contribution in [3.05, 3.63) is 44.9 Å². The summed E-state index contributed by atoms with van der Waals surface area (Å²) in [7, 11) is 0. The Morgan fingerprint density at radius 2 is 1.94 bits per heavy atom. The average Bonchev–Trinajstić information content (AvgIpc) is 2.55. The number of nitrogens with zero attached hydrogens (tertiary/aromatic N) is 1. The third-order valence-corrected chi connectivity index (χ3v) is 2.74. The molecule has 0 bridgehead atoms. The molecular weight excluding hydrogens is 290 g/mol. The van der Waals surface area contributed by atoms with Crippen LogP contribution in [0.25, 0.3) is 5.69 Å². The molecule has 2 aromatic rings. The van der Waals surface area contributed by atoms with E-state index in [9.17, 15) is 9.59 Å². The number of nitrogens with one attached hydrogen (secondary N) is 1. The van der Waals surface area contributed by atoms with Crippen LogP contribution in [0, 0.1) is 0 Å². The second-order valence-electron chi connectivity index (χ2n) is 3.31. The van der Waals surface area contributed by atoms with E-state index in [-0.39, 0.29) is 11.5 Å². The first-order chi connectivity index (χ1) is 8.00. The zero-order valence-corrected chi connectivity index (χ0v) is 10.1. The van der Waals surface area contributed by atoms with Crippen LogP contribution >= 0.6 is 15.9 Å². The number of nitrogen functional groups attached to an aromatic ring is 1. The molecule has 0 aliphatic carbocycles. The van der Waals surface area contributed by atoms with Crippen LogP contribution in [0.5, 0.6) is 0 Å². The van der Waals surface area contributed by atoms with Crippen LogP contribution < -0.4 is 11.4 Å². The number of halogens is 1. The van der Waals surface area contributed by atoms with Gasteiger partial charge in [-0.1, -0.05) is 15.9 Å². The molecular formula is C10H8BrN3O3. The lowest BCUT2D eigenvalue weighted by Crippen LogP contribution is -2.19. The molecule has 0 aliphatic heterocycles. The molecule has 4 N–H and O–H groups in total. The van der Waals surface area contributed by atoms with Crippen molar-refractivity contribution in [1.29, 1.82) is 0 Å². The molecule has 0 radical (unpaired) electrons. The van der Waals surface area contributed by atoms with Crippen LogP contribution in [0.15, 0.2) is 33.5 Å². The smallest absolute Gasteiger partial charge is 0.356 e. The van der Waals surface area contributed by atoms with Crippen molar-refractivity contribution in [1.82, 2.24) is 9.55 Å². The van der Waals surface area contributed by atoms with E-state index < -0.39 is 11.7 Å². The first-order valence-electron chi connectivity index (χ1n) is 4.60. The van der Waals surface area contributed by atoms with Gasteiger partial charge in [0.25, 0.3) is 0 Å². The highest BCUT2D eigenvalue weighted by Gasteiger charge is 2.19. The summed E-state index contributed by atoms with van der Waals surface area (Å²) in [6.07, 6.45) is 0. The number of aromatic carboxylic acids is 1. The van der Waals surface area contributed by atoms with Gasteiger partial charge >= 0.3 is 11.7 Å². The summed E-state index contributed by atoms with van der Waals surface area (Å²) in [5.74, 6) is -1.42. The molecule has 0 saturated heterocycles. The summed E-state index contributed by atoms with van der Waals surface area (Å²) in [5.41, 5.74) is 5.03. The molecule has 1 aromatic carbocycles. The fourth-order valence-electron chi connectivity index (χ4n) is 1.50. The number of anilines is 1. The Hall–Kier alpha value is -2.02. The zero-order chi connectivity index (χ0) is 12.6. The minimum absolute atomic E-state index is 0.162. The highest BCUT2D eigenvalue weighted by molar-refractivity contribution is 9.10.